The first kappa shape index (κ1) is 15.9. The summed E-state index contributed by atoms with van der Waals surface area (Å²) < 4.78 is 3.86. The molecule has 0 radical (unpaired) electrons. The molecule has 0 fully saturated rings. The number of aromatic nitrogens is 1. The van der Waals surface area contributed by atoms with E-state index in [4.69, 9.17) is 0 Å². The SMILES string of the molecule is C/C=C(\I)C1=CCC(C)c2c1c1ccccc1n2C1=CCCC=C1. The Bertz CT molecular complexity index is 921. The molecule has 1 atom stereocenters. The first-order valence-corrected chi connectivity index (χ1v) is 9.83. The van der Waals surface area contributed by atoms with Gasteiger partial charge < -0.3 is 4.57 Å². The molecular weight excluding hydrogens is 405 g/mol. The van der Waals surface area contributed by atoms with Crippen LogP contribution in [-0.4, -0.2) is 4.57 Å². The van der Waals surface area contributed by atoms with E-state index >= 15 is 0 Å². The van der Waals surface area contributed by atoms with Crippen molar-refractivity contribution in [1.82, 2.24) is 4.57 Å². The second-order valence-corrected chi connectivity index (χ2v) is 7.77. The lowest BCUT2D eigenvalue weighted by Crippen LogP contribution is -2.10. The van der Waals surface area contributed by atoms with Crippen molar-refractivity contribution in [1.29, 1.82) is 0 Å². The van der Waals surface area contributed by atoms with Crippen LogP contribution in [0.5, 0.6) is 0 Å². The van der Waals surface area contributed by atoms with Crippen molar-refractivity contribution < 1.29 is 0 Å². The van der Waals surface area contributed by atoms with Crippen LogP contribution in [0.2, 0.25) is 0 Å². The van der Waals surface area contributed by atoms with Gasteiger partial charge in [0.2, 0.25) is 0 Å². The van der Waals surface area contributed by atoms with Gasteiger partial charge in [-0.1, -0.05) is 49.4 Å². The predicted octanol–water partition coefficient (Wildman–Crippen LogP) is 7.06. The summed E-state index contributed by atoms with van der Waals surface area (Å²) in [6.07, 6.45) is 15.0. The van der Waals surface area contributed by atoms with E-state index in [2.05, 4.69) is 95.7 Å². The standard InChI is InChI=1S/C22H22IN/c1-3-19(23)17-14-13-15(2)22-21(17)18-11-7-8-12-20(18)24(22)16-9-5-4-6-10-16/h3,5,7-12,14-15H,4,6,13H2,1-2H3/b19-3-. The number of nitrogens with zero attached hydrogens (tertiary/aromatic N) is 1. The number of para-hydroxylation sites is 1. The highest BCUT2D eigenvalue weighted by Crippen LogP contribution is 2.46. The summed E-state index contributed by atoms with van der Waals surface area (Å²) >= 11 is 2.48. The zero-order valence-electron chi connectivity index (χ0n) is 14.2. The first-order chi connectivity index (χ1) is 11.7. The van der Waals surface area contributed by atoms with Crippen LogP contribution in [-0.2, 0) is 0 Å². The van der Waals surface area contributed by atoms with Gasteiger partial charge in [-0.05, 0) is 66.5 Å². The van der Waals surface area contributed by atoms with Gasteiger partial charge in [0, 0.05) is 31.8 Å². The molecule has 0 saturated carbocycles. The Morgan fingerprint density at radius 2 is 2.04 bits per heavy atom. The molecule has 1 nitrogen and oxygen atoms in total. The van der Waals surface area contributed by atoms with Crippen molar-refractivity contribution in [3.05, 3.63) is 69.5 Å². The van der Waals surface area contributed by atoms with Crippen molar-refractivity contribution in [2.75, 3.05) is 0 Å². The highest BCUT2D eigenvalue weighted by Gasteiger charge is 2.28. The minimum Gasteiger partial charge on any atom is -0.313 e. The highest BCUT2D eigenvalue weighted by molar-refractivity contribution is 14.1. The fourth-order valence-electron chi connectivity index (χ4n) is 3.93. The Hall–Kier alpha value is -1.55. The van der Waals surface area contributed by atoms with Gasteiger partial charge in [-0.3, -0.25) is 0 Å². The molecule has 0 amide bonds. The molecule has 24 heavy (non-hydrogen) atoms. The lowest BCUT2D eigenvalue weighted by molar-refractivity contribution is 0.724. The fourth-order valence-corrected chi connectivity index (χ4v) is 4.42. The maximum absolute atomic E-state index is 2.51. The number of allylic oxidation sites excluding steroid dienone is 8. The monoisotopic (exact) mass is 427 g/mol. The Labute approximate surface area is 157 Å². The molecule has 0 aliphatic heterocycles. The minimum absolute atomic E-state index is 0.536. The normalized spacial score (nSPS) is 20.8. The summed E-state index contributed by atoms with van der Waals surface area (Å²) in [5.74, 6) is 0.536. The summed E-state index contributed by atoms with van der Waals surface area (Å²) in [6.45, 7) is 4.49. The molecule has 0 N–H and O–H groups in total. The Morgan fingerprint density at radius 3 is 2.79 bits per heavy atom. The Balaban J connectivity index is 2.09. The van der Waals surface area contributed by atoms with E-state index in [1.165, 1.54) is 37.0 Å². The van der Waals surface area contributed by atoms with Crippen molar-refractivity contribution >= 4 is 44.8 Å². The molecular formula is C22H22IN. The molecule has 1 aromatic heterocycles. The second kappa shape index (κ2) is 6.40. The van der Waals surface area contributed by atoms with Crippen molar-refractivity contribution in [3.63, 3.8) is 0 Å². The van der Waals surface area contributed by atoms with Gasteiger partial charge in [-0.15, -0.1) is 0 Å². The van der Waals surface area contributed by atoms with Crippen LogP contribution in [0.4, 0.5) is 0 Å². The van der Waals surface area contributed by atoms with Crippen LogP contribution in [0, 0.1) is 0 Å². The average Bonchev–Trinajstić information content (AvgIpc) is 2.98. The first-order valence-electron chi connectivity index (χ1n) is 8.75. The van der Waals surface area contributed by atoms with E-state index < -0.39 is 0 Å². The van der Waals surface area contributed by atoms with Crippen LogP contribution in [0.1, 0.15) is 50.3 Å². The average molecular weight is 427 g/mol. The maximum atomic E-state index is 2.51. The number of benzene rings is 1. The van der Waals surface area contributed by atoms with E-state index in [9.17, 15) is 0 Å². The molecule has 2 aliphatic rings. The van der Waals surface area contributed by atoms with Crippen LogP contribution in [0.3, 0.4) is 0 Å². The van der Waals surface area contributed by atoms with Crippen molar-refractivity contribution in [2.24, 2.45) is 0 Å². The smallest absolute Gasteiger partial charge is 0.0537 e. The van der Waals surface area contributed by atoms with E-state index in [1.807, 2.05) is 0 Å². The largest absolute Gasteiger partial charge is 0.313 e. The third kappa shape index (κ3) is 2.43. The van der Waals surface area contributed by atoms with E-state index in [1.54, 1.807) is 0 Å². The van der Waals surface area contributed by atoms with E-state index in [0.29, 0.717) is 5.92 Å². The number of fused-ring (bicyclic) bond motifs is 3. The Morgan fingerprint density at radius 1 is 1.21 bits per heavy atom. The van der Waals surface area contributed by atoms with Crippen LogP contribution >= 0.6 is 22.6 Å². The fraction of sp³-hybridized carbons (Fsp3) is 0.273. The summed E-state index contributed by atoms with van der Waals surface area (Å²) in [6, 6.07) is 8.87. The topological polar surface area (TPSA) is 4.93 Å². The molecule has 0 spiro atoms. The number of halogens is 1. The molecule has 1 unspecified atom stereocenters. The number of hydrogen-bond donors (Lipinski definition) is 0. The zero-order valence-corrected chi connectivity index (χ0v) is 16.4. The van der Waals surface area contributed by atoms with Gasteiger partial charge >= 0.3 is 0 Å². The molecule has 1 heterocycles. The molecule has 122 valence electrons. The van der Waals surface area contributed by atoms with Gasteiger partial charge in [-0.2, -0.15) is 0 Å². The summed E-state index contributed by atoms with van der Waals surface area (Å²) in [5, 5.41) is 1.38. The lowest BCUT2D eigenvalue weighted by Gasteiger charge is -2.24. The second-order valence-electron chi connectivity index (χ2n) is 6.61. The lowest BCUT2D eigenvalue weighted by atomic mass is 9.87. The van der Waals surface area contributed by atoms with Gasteiger partial charge in [0.05, 0.1) is 5.52 Å². The predicted molar refractivity (Wildman–Crippen MR) is 113 cm³/mol. The van der Waals surface area contributed by atoms with Crippen LogP contribution in [0.25, 0.3) is 22.2 Å². The number of hydrogen-bond acceptors (Lipinski definition) is 0. The molecule has 1 aromatic carbocycles. The summed E-state index contributed by atoms with van der Waals surface area (Å²) in [7, 11) is 0. The molecule has 0 saturated heterocycles. The van der Waals surface area contributed by atoms with Crippen LogP contribution in [0.15, 0.2) is 58.2 Å². The van der Waals surface area contributed by atoms with Crippen molar-refractivity contribution in [3.8, 4) is 0 Å². The third-order valence-electron chi connectivity index (χ3n) is 5.07. The van der Waals surface area contributed by atoms with Gasteiger partial charge in [0.25, 0.3) is 0 Å². The number of rotatable bonds is 2. The maximum Gasteiger partial charge on any atom is 0.0537 e. The molecule has 2 aliphatic carbocycles. The molecule has 0 bridgehead atoms. The van der Waals surface area contributed by atoms with Crippen LogP contribution < -0.4 is 0 Å². The van der Waals surface area contributed by atoms with Gasteiger partial charge in [-0.25, -0.2) is 0 Å². The zero-order chi connectivity index (χ0) is 16.7. The van der Waals surface area contributed by atoms with Gasteiger partial charge in [0.15, 0.2) is 0 Å². The molecule has 4 rings (SSSR count). The van der Waals surface area contributed by atoms with Crippen molar-refractivity contribution in [2.45, 2.75) is 39.0 Å². The highest BCUT2D eigenvalue weighted by atomic mass is 127. The molecule has 2 heteroatoms. The third-order valence-corrected chi connectivity index (χ3v) is 6.27. The quantitative estimate of drug-likeness (QED) is 0.452. The van der Waals surface area contributed by atoms with E-state index in [-0.39, 0.29) is 0 Å². The molecule has 2 aromatic rings. The Kier molecular flexibility index (Phi) is 4.25. The minimum atomic E-state index is 0.536. The summed E-state index contributed by atoms with van der Waals surface area (Å²) in [5.41, 5.74) is 6.98. The van der Waals surface area contributed by atoms with E-state index in [0.717, 1.165) is 19.3 Å². The van der Waals surface area contributed by atoms with Gasteiger partial charge in [0.1, 0.15) is 0 Å². The summed E-state index contributed by atoms with van der Waals surface area (Å²) in [4.78, 5) is 0.